The topological polar surface area (TPSA) is 93.5 Å². The van der Waals surface area contributed by atoms with E-state index in [-0.39, 0.29) is 30.1 Å². The number of nitrogens with one attached hydrogen (secondary N) is 1. The predicted molar refractivity (Wildman–Crippen MR) is 117 cm³/mol. The van der Waals surface area contributed by atoms with Crippen LogP contribution < -0.4 is 15.6 Å². The van der Waals surface area contributed by atoms with Crippen molar-refractivity contribution in [3.63, 3.8) is 0 Å². The minimum Gasteiger partial charge on any atom is -0.504 e. The fourth-order valence-corrected chi connectivity index (χ4v) is 3.36. The molecule has 0 saturated heterocycles. The van der Waals surface area contributed by atoms with Crippen LogP contribution in [0.3, 0.4) is 0 Å². The average Bonchev–Trinajstić information content (AvgIpc) is 2.81. The molecule has 4 aromatic rings. The third-order valence-electron chi connectivity index (χ3n) is 4.96. The van der Waals surface area contributed by atoms with E-state index >= 15 is 0 Å². The van der Waals surface area contributed by atoms with E-state index in [0.717, 1.165) is 11.1 Å². The standard InChI is InChI=1S/C24H21N3O4/c1-31-21-13-17(11-12-20(21)28)14-25-23(29)22-18-9-5-6-10-19(18)24(30)27(26-22)15-16-7-3-2-4-8-16/h2-13,28H,14-15H2,1H3,(H,25,29). The monoisotopic (exact) mass is 415 g/mol. The van der Waals surface area contributed by atoms with E-state index in [1.165, 1.54) is 17.9 Å². The molecule has 0 aliphatic rings. The van der Waals surface area contributed by atoms with Crippen LogP contribution in [0.2, 0.25) is 0 Å². The third kappa shape index (κ3) is 4.25. The minimum absolute atomic E-state index is 0.0261. The highest BCUT2D eigenvalue weighted by Gasteiger charge is 2.17. The Hall–Kier alpha value is -4.13. The SMILES string of the molecule is COc1cc(CNC(=O)c2nn(Cc3ccccc3)c(=O)c3ccccc23)ccc1O. The molecule has 3 aromatic carbocycles. The molecule has 2 N–H and O–H groups in total. The van der Waals surface area contributed by atoms with Gasteiger partial charge in [-0.05, 0) is 29.3 Å². The molecule has 7 heteroatoms. The summed E-state index contributed by atoms with van der Waals surface area (Å²) in [5.41, 5.74) is 1.59. The van der Waals surface area contributed by atoms with Gasteiger partial charge >= 0.3 is 0 Å². The molecule has 0 radical (unpaired) electrons. The number of aromatic hydroxyl groups is 1. The molecule has 0 spiro atoms. The zero-order valence-corrected chi connectivity index (χ0v) is 16.9. The molecular formula is C24H21N3O4. The van der Waals surface area contributed by atoms with Crippen LogP contribution in [0.25, 0.3) is 10.8 Å². The zero-order chi connectivity index (χ0) is 21.8. The summed E-state index contributed by atoms with van der Waals surface area (Å²) in [6.45, 7) is 0.475. The van der Waals surface area contributed by atoms with Gasteiger partial charge in [0.15, 0.2) is 17.2 Å². The Balaban J connectivity index is 1.66. The first-order chi connectivity index (χ1) is 15.1. The number of nitrogens with zero attached hydrogens (tertiary/aromatic N) is 2. The van der Waals surface area contributed by atoms with Gasteiger partial charge in [-0.1, -0.05) is 54.6 Å². The fourth-order valence-electron chi connectivity index (χ4n) is 3.36. The summed E-state index contributed by atoms with van der Waals surface area (Å²) < 4.78 is 6.42. The normalized spacial score (nSPS) is 10.7. The van der Waals surface area contributed by atoms with Crippen molar-refractivity contribution in [2.75, 3.05) is 7.11 Å². The van der Waals surface area contributed by atoms with E-state index in [1.54, 1.807) is 36.4 Å². The van der Waals surface area contributed by atoms with Crippen LogP contribution >= 0.6 is 0 Å². The van der Waals surface area contributed by atoms with Gasteiger partial charge in [-0.15, -0.1) is 0 Å². The number of phenolic OH excluding ortho intramolecular Hbond substituents is 1. The van der Waals surface area contributed by atoms with Crippen LogP contribution in [0.1, 0.15) is 21.6 Å². The van der Waals surface area contributed by atoms with Crippen molar-refractivity contribution in [1.29, 1.82) is 0 Å². The minimum atomic E-state index is -0.398. The van der Waals surface area contributed by atoms with Gasteiger partial charge in [-0.2, -0.15) is 5.10 Å². The maximum atomic E-state index is 13.0. The lowest BCUT2D eigenvalue weighted by Gasteiger charge is -2.12. The number of ether oxygens (including phenoxy) is 1. The molecule has 31 heavy (non-hydrogen) atoms. The highest BCUT2D eigenvalue weighted by atomic mass is 16.5. The molecule has 0 unspecified atom stereocenters. The molecule has 1 aromatic heterocycles. The second kappa shape index (κ2) is 8.71. The number of methoxy groups -OCH3 is 1. The van der Waals surface area contributed by atoms with E-state index < -0.39 is 5.91 Å². The molecule has 1 amide bonds. The summed E-state index contributed by atoms with van der Waals surface area (Å²) in [5.74, 6) is -0.0463. The van der Waals surface area contributed by atoms with Gasteiger partial charge in [0, 0.05) is 11.9 Å². The number of hydrogen-bond donors (Lipinski definition) is 2. The van der Waals surface area contributed by atoms with E-state index in [9.17, 15) is 14.7 Å². The number of fused-ring (bicyclic) bond motifs is 1. The molecule has 156 valence electrons. The molecule has 4 rings (SSSR count). The zero-order valence-electron chi connectivity index (χ0n) is 16.9. The van der Waals surface area contributed by atoms with Crippen LogP contribution in [0, 0.1) is 0 Å². The Kier molecular flexibility index (Phi) is 5.66. The van der Waals surface area contributed by atoms with Gasteiger partial charge in [0.2, 0.25) is 0 Å². The molecule has 0 aliphatic heterocycles. The van der Waals surface area contributed by atoms with Crippen LogP contribution in [0.4, 0.5) is 0 Å². The van der Waals surface area contributed by atoms with Crippen molar-refractivity contribution in [3.8, 4) is 11.5 Å². The first kappa shape index (κ1) is 20.2. The summed E-state index contributed by atoms with van der Waals surface area (Å²) in [7, 11) is 1.46. The number of phenols is 1. The lowest BCUT2D eigenvalue weighted by Crippen LogP contribution is -2.30. The smallest absolute Gasteiger partial charge is 0.274 e. The number of benzene rings is 3. The number of amides is 1. The van der Waals surface area contributed by atoms with E-state index in [2.05, 4.69) is 10.4 Å². The van der Waals surface area contributed by atoms with Crippen molar-refractivity contribution in [2.24, 2.45) is 0 Å². The first-order valence-corrected chi connectivity index (χ1v) is 9.74. The number of rotatable bonds is 6. The van der Waals surface area contributed by atoms with E-state index in [4.69, 9.17) is 4.74 Å². The highest BCUT2D eigenvalue weighted by Crippen LogP contribution is 2.26. The number of carbonyl (C=O) groups excluding carboxylic acids is 1. The molecule has 0 atom stereocenters. The van der Waals surface area contributed by atoms with Crippen molar-refractivity contribution >= 4 is 16.7 Å². The summed E-state index contributed by atoms with van der Waals surface area (Å²) >= 11 is 0. The van der Waals surface area contributed by atoms with Gasteiger partial charge in [-0.25, -0.2) is 4.68 Å². The maximum absolute atomic E-state index is 13.0. The van der Waals surface area contributed by atoms with Crippen LogP contribution in [0.5, 0.6) is 11.5 Å². The molecule has 7 nitrogen and oxygen atoms in total. The summed E-state index contributed by atoms with van der Waals surface area (Å²) in [6, 6.07) is 21.3. The lowest BCUT2D eigenvalue weighted by atomic mass is 10.1. The Bertz CT molecular complexity index is 1300. The Morgan fingerprint density at radius 3 is 2.45 bits per heavy atom. The highest BCUT2D eigenvalue weighted by molar-refractivity contribution is 6.04. The molecule has 0 saturated carbocycles. The fraction of sp³-hybridized carbons (Fsp3) is 0.125. The van der Waals surface area contributed by atoms with Crippen LogP contribution in [-0.4, -0.2) is 27.9 Å². The Morgan fingerprint density at radius 2 is 1.71 bits per heavy atom. The molecular weight excluding hydrogens is 394 g/mol. The predicted octanol–water partition coefficient (Wildman–Crippen LogP) is 3.09. The Labute approximate surface area is 178 Å². The second-order valence-corrected chi connectivity index (χ2v) is 7.03. The van der Waals surface area contributed by atoms with Gasteiger partial charge in [0.25, 0.3) is 11.5 Å². The largest absolute Gasteiger partial charge is 0.504 e. The van der Waals surface area contributed by atoms with E-state index in [0.29, 0.717) is 16.5 Å². The Morgan fingerprint density at radius 1 is 1.00 bits per heavy atom. The van der Waals surface area contributed by atoms with Gasteiger partial charge in [-0.3, -0.25) is 9.59 Å². The first-order valence-electron chi connectivity index (χ1n) is 9.74. The van der Waals surface area contributed by atoms with Crippen molar-refractivity contribution < 1.29 is 14.6 Å². The van der Waals surface area contributed by atoms with Gasteiger partial charge in [0.05, 0.1) is 19.0 Å². The number of carbonyl (C=O) groups is 1. The lowest BCUT2D eigenvalue weighted by molar-refractivity contribution is 0.0945. The van der Waals surface area contributed by atoms with Crippen LogP contribution in [-0.2, 0) is 13.1 Å². The quantitative estimate of drug-likeness (QED) is 0.505. The summed E-state index contributed by atoms with van der Waals surface area (Å²) in [6.07, 6.45) is 0. The molecule has 0 aliphatic carbocycles. The van der Waals surface area contributed by atoms with Crippen molar-refractivity contribution in [2.45, 2.75) is 13.1 Å². The third-order valence-corrected chi connectivity index (χ3v) is 4.96. The second-order valence-electron chi connectivity index (χ2n) is 7.03. The molecule has 0 fully saturated rings. The van der Waals surface area contributed by atoms with Gasteiger partial charge < -0.3 is 15.2 Å². The number of hydrogen-bond acceptors (Lipinski definition) is 5. The average molecular weight is 415 g/mol. The van der Waals surface area contributed by atoms with Crippen molar-refractivity contribution in [3.05, 3.63) is 100.0 Å². The van der Waals surface area contributed by atoms with Crippen molar-refractivity contribution in [1.82, 2.24) is 15.1 Å². The number of aromatic nitrogens is 2. The molecule has 0 bridgehead atoms. The van der Waals surface area contributed by atoms with Gasteiger partial charge in [0.1, 0.15) is 0 Å². The maximum Gasteiger partial charge on any atom is 0.274 e. The summed E-state index contributed by atoms with van der Waals surface area (Å²) in [4.78, 5) is 25.9. The van der Waals surface area contributed by atoms with Crippen LogP contribution in [0.15, 0.2) is 77.6 Å². The molecule has 1 heterocycles. The summed E-state index contributed by atoms with van der Waals surface area (Å²) in [5, 5.41) is 17.9. The van der Waals surface area contributed by atoms with E-state index in [1.807, 2.05) is 30.3 Å².